The first-order valence-corrected chi connectivity index (χ1v) is 20.6. The Morgan fingerprint density at radius 1 is 0.420 bits per heavy atom. The monoisotopic (exact) mass is 691 g/mol. The normalized spacial score (nSPS) is 12.0. The van der Waals surface area contributed by atoms with Gasteiger partial charge in [0, 0.05) is 49.7 Å². The van der Waals surface area contributed by atoms with Gasteiger partial charge in [0.25, 0.3) is 0 Å². The number of aliphatic imine (C=N–C) groups is 2. The van der Waals surface area contributed by atoms with Crippen molar-refractivity contribution in [1.29, 1.82) is 0 Å². The van der Waals surface area contributed by atoms with Crippen LogP contribution in [0.1, 0.15) is 153 Å². The highest BCUT2D eigenvalue weighted by Gasteiger charge is 2.10. The standard InChI is InChI=1S/C44H74N4O2/c1-3-5-7-9-11-13-15-17-19-25-33-47(35-31-45-39-41-27-21-23-29-43(41)49)37-38-48(34-26-20-18-16-14-12-10-8-6-4-2)36-32-46-40-42-28-22-24-30-44(42)50/h21-24,27-30,39-40,49-50H,3-20,25-26,31-38H2,1-2H3. The van der Waals surface area contributed by atoms with Crippen molar-refractivity contribution in [2.75, 3.05) is 52.4 Å². The Balaban J connectivity index is 1.87. The van der Waals surface area contributed by atoms with Crippen LogP contribution in [-0.4, -0.2) is 84.8 Å². The molecule has 282 valence electrons. The van der Waals surface area contributed by atoms with Crippen LogP contribution in [0.25, 0.3) is 0 Å². The van der Waals surface area contributed by atoms with Crippen molar-refractivity contribution >= 4 is 12.4 Å². The van der Waals surface area contributed by atoms with Crippen LogP contribution in [0.15, 0.2) is 58.5 Å². The number of hydrogen-bond donors (Lipinski definition) is 2. The van der Waals surface area contributed by atoms with E-state index in [2.05, 4.69) is 23.6 Å². The number of hydrogen-bond acceptors (Lipinski definition) is 6. The van der Waals surface area contributed by atoms with Gasteiger partial charge in [0.15, 0.2) is 0 Å². The van der Waals surface area contributed by atoms with Crippen LogP contribution in [0.2, 0.25) is 0 Å². The van der Waals surface area contributed by atoms with E-state index in [1.165, 1.54) is 128 Å². The lowest BCUT2D eigenvalue weighted by Crippen LogP contribution is -2.38. The highest BCUT2D eigenvalue weighted by Crippen LogP contribution is 2.15. The third kappa shape index (κ3) is 22.9. The molecule has 0 atom stereocenters. The first-order valence-electron chi connectivity index (χ1n) is 20.6. The molecule has 0 saturated carbocycles. The average Bonchev–Trinajstić information content (AvgIpc) is 3.12. The van der Waals surface area contributed by atoms with Crippen molar-refractivity contribution in [3.8, 4) is 11.5 Å². The fraction of sp³-hybridized carbons (Fsp3) is 0.682. The SMILES string of the molecule is CCCCCCCCCCCCN(CCN=Cc1ccccc1O)CCN(CCCCCCCCCCCC)CCN=Cc1ccccc1O. The Bertz CT molecular complexity index is 1030. The summed E-state index contributed by atoms with van der Waals surface area (Å²) in [6, 6.07) is 14.8. The van der Waals surface area contributed by atoms with Crippen molar-refractivity contribution in [3.05, 3.63) is 59.7 Å². The van der Waals surface area contributed by atoms with E-state index in [1.54, 1.807) is 12.1 Å². The number of aromatic hydroxyl groups is 2. The van der Waals surface area contributed by atoms with Crippen molar-refractivity contribution in [2.45, 2.75) is 142 Å². The van der Waals surface area contributed by atoms with E-state index in [9.17, 15) is 10.2 Å². The smallest absolute Gasteiger partial charge is 0.124 e. The Kier molecular flexibility index (Phi) is 27.0. The van der Waals surface area contributed by atoms with Gasteiger partial charge in [-0.15, -0.1) is 0 Å². The van der Waals surface area contributed by atoms with Gasteiger partial charge in [-0.1, -0.05) is 154 Å². The van der Waals surface area contributed by atoms with Gasteiger partial charge < -0.3 is 20.0 Å². The van der Waals surface area contributed by atoms with Crippen LogP contribution >= 0.6 is 0 Å². The molecule has 6 heteroatoms. The first-order chi connectivity index (χ1) is 24.6. The molecule has 0 radical (unpaired) electrons. The van der Waals surface area contributed by atoms with E-state index >= 15 is 0 Å². The van der Waals surface area contributed by atoms with Crippen molar-refractivity contribution in [3.63, 3.8) is 0 Å². The van der Waals surface area contributed by atoms with Crippen molar-refractivity contribution in [2.24, 2.45) is 9.98 Å². The summed E-state index contributed by atoms with van der Waals surface area (Å²) in [4.78, 5) is 14.6. The van der Waals surface area contributed by atoms with E-state index < -0.39 is 0 Å². The number of rotatable bonds is 33. The molecule has 0 saturated heterocycles. The molecule has 2 N–H and O–H groups in total. The number of phenols is 2. The predicted molar refractivity (Wildman–Crippen MR) is 218 cm³/mol. The Morgan fingerprint density at radius 3 is 1.08 bits per heavy atom. The lowest BCUT2D eigenvalue weighted by molar-refractivity contribution is 0.204. The van der Waals surface area contributed by atoms with E-state index in [0.717, 1.165) is 63.5 Å². The summed E-state index contributed by atoms with van der Waals surface area (Å²) in [5.41, 5.74) is 1.56. The van der Waals surface area contributed by atoms with Gasteiger partial charge in [-0.05, 0) is 50.2 Å². The number of unbranched alkanes of at least 4 members (excludes halogenated alkanes) is 18. The topological polar surface area (TPSA) is 71.7 Å². The van der Waals surface area contributed by atoms with Crippen LogP contribution < -0.4 is 0 Å². The van der Waals surface area contributed by atoms with Crippen LogP contribution in [0.4, 0.5) is 0 Å². The first kappa shape index (κ1) is 43.5. The van der Waals surface area contributed by atoms with Gasteiger partial charge in [0.05, 0.1) is 13.1 Å². The molecule has 2 aromatic carbocycles. The molecule has 0 spiro atoms. The number of para-hydroxylation sites is 2. The lowest BCUT2D eigenvalue weighted by atomic mass is 10.1. The van der Waals surface area contributed by atoms with Gasteiger partial charge in [-0.25, -0.2) is 0 Å². The summed E-state index contributed by atoms with van der Waals surface area (Å²) in [6.07, 6.45) is 30.7. The summed E-state index contributed by atoms with van der Waals surface area (Å²) in [5.74, 6) is 0.567. The summed E-state index contributed by atoms with van der Waals surface area (Å²) >= 11 is 0. The zero-order chi connectivity index (χ0) is 35.7. The Morgan fingerprint density at radius 2 is 0.740 bits per heavy atom. The molecule has 0 heterocycles. The molecule has 0 amide bonds. The molecule has 2 rings (SSSR count). The fourth-order valence-electron chi connectivity index (χ4n) is 6.52. The third-order valence-electron chi connectivity index (χ3n) is 9.81. The van der Waals surface area contributed by atoms with Crippen molar-refractivity contribution in [1.82, 2.24) is 9.80 Å². The highest BCUT2D eigenvalue weighted by molar-refractivity contribution is 5.83. The molecule has 0 aliphatic heterocycles. The molecular weight excluding hydrogens is 617 g/mol. The summed E-state index contributed by atoms with van der Waals surface area (Å²) in [5, 5.41) is 20.3. The van der Waals surface area contributed by atoms with Crippen LogP contribution in [0.3, 0.4) is 0 Å². The molecule has 0 aromatic heterocycles. The minimum absolute atomic E-state index is 0.284. The fourth-order valence-corrected chi connectivity index (χ4v) is 6.52. The third-order valence-corrected chi connectivity index (χ3v) is 9.81. The van der Waals surface area contributed by atoms with Gasteiger partial charge in [-0.3, -0.25) is 9.98 Å². The molecule has 0 aliphatic carbocycles. The zero-order valence-corrected chi connectivity index (χ0v) is 32.3. The van der Waals surface area contributed by atoms with E-state index in [-0.39, 0.29) is 11.5 Å². The van der Waals surface area contributed by atoms with Crippen LogP contribution in [0.5, 0.6) is 11.5 Å². The molecule has 0 fully saturated rings. The minimum atomic E-state index is 0.284. The Labute approximate surface area is 307 Å². The lowest BCUT2D eigenvalue weighted by Gasteiger charge is -2.27. The van der Waals surface area contributed by atoms with Gasteiger partial charge >= 0.3 is 0 Å². The molecule has 0 unspecified atom stereocenters. The molecular formula is C44H74N4O2. The van der Waals surface area contributed by atoms with E-state index in [1.807, 2.05) is 48.8 Å². The van der Waals surface area contributed by atoms with Gasteiger partial charge in [0.1, 0.15) is 11.5 Å². The maximum absolute atomic E-state index is 10.1. The second-order valence-electron chi connectivity index (χ2n) is 14.2. The van der Waals surface area contributed by atoms with E-state index in [4.69, 9.17) is 9.98 Å². The quantitative estimate of drug-likeness (QED) is 0.0578. The molecule has 0 aliphatic rings. The Hall–Kier alpha value is -2.70. The molecule has 50 heavy (non-hydrogen) atoms. The summed E-state index contributed by atoms with van der Waals surface area (Å²) in [6.45, 7) is 12.2. The second-order valence-corrected chi connectivity index (χ2v) is 14.2. The summed E-state index contributed by atoms with van der Waals surface area (Å²) < 4.78 is 0. The average molecular weight is 691 g/mol. The second kappa shape index (κ2) is 31.1. The van der Waals surface area contributed by atoms with Crippen LogP contribution in [-0.2, 0) is 0 Å². The van der Waals surface area contributed by atoms with Crippen LogP contribution in [0, 0.1) is 0 Å². The molecule has 2 aromatic rings. The molecule has 6 nitrogen and oxygen atoms in total. The maximum atomic E-state index is 10.1. The zero-order valence-electron chi connectivity index (χ0n) is 32.3. The van der Waals surface area contributed by atoms with Gasteiger partial charge in [-0.2, -0.15) is 0 Å². The molecule has 0 bridgehead atoms. The largest absolute Gasteiger partial charge is 0.507 e. The highest BCUT2D eigenvalue weighted by atomic mass is 16.3. The maximum Gasteiger partial charge on any atom is 0.124 e. The van der Waals surface area contributed by atoms with Gasteiger partial charge in [0.2, 0.25) is 0 Å². The number of benzene rings is 2. The van der Waals surface area contributed by atoms with E-state index in [0.29, 0.717) is 0 Å². The number of phenolic OH excluding ortho intramolecular Hbond substituents is 2. The summed E-state index contributed by atoms with van der Waals surface area (Å²) in [7, 11) is 0. The number of nitrogens with zero attached hydrogens (tertiary/aromatic N) is 4. The van der Waals surface area contributed by atoms with Crippen molar-refractivity contribution < 1.29 is 10.2 Å². The predicted octanol–water partition coefficient (Wildman–Crippen LogP) is 11.1. The minimum Gasteiger partial charge on any atom is -0.507 e.